The van der Waals surface area contributed by atoms with Gasteiger partial charge in [0, 0.05) is 24.9 Å². The van der Waals surface area contributed by atoms with Crippen LogP contribution in [0.2, 0.25) is 0 Å². The average Bonchev–Trinajstić information content (AvgIpc) is 2.82. The second-order valence-electron chi connectivity index (χ2n) is 4.68. The van der Waals surface area contributed by atoms with Gasteiger partial charge in [-0.1, -0.05) is 12.1 Å². The molecule has 112 valence electrons. The Kier molecular flexibility index (Phi) is 4.65. The number of nitrogens with zero attached hydrogens (tertiary/aromatic N) is 1. The van der Waals surface area contributed by atoms with Crippen LogP contribution in [0.4, 0.5) is 0 Å². The SMILES string of the molecule is COCCn1c(-c2ccccc2OC)cc(C(=O)O)c1C. The van der Waals surface area contributed by atoms with Crippen molar-refractivity contribution in [2.24, 2.45) is 0 Å². The second-order valence-corrected chi connectivity index (χ2v) is 4.68. The quantitative estimate of drug-likeness (QED) is 0.888. The van der Waals surface area contributed by atoms with Gasteiger partial charge in [-0.05, 0) is 25.1 Å². The number of aromatic nitrogens is 1. The van der Waals surface area contributed by atoms with E-state index >= 15 is 0 Å². The predicted octanol–water partition coefficient (Wildman–Crippen LogP) is 2.82. The van der Waals surface area contributed by atoms with Crippen LogP contribution in [0.1, 0.15) is 16.1 Å². The predicted molar refractivity (Wildman–Crippen MR) is 80.0 cm³/mol. The molecule has 1 aromatic heterocycles. The molecule has 21 heavy (non-hydrogen) atoms. The highest BCUT2D eigenvalue weighted by Crippen LogP contribution is 2.32. The van der Waals surface area contributed by atoms with Crippen molar-refractivity contribution < 1.29 is 19.4 Å². The monoisotopic (exact) mass is 289 g/mol. The lowest BCUT2D eigenvalue weighted by atomic mass is 10.1. The molecule has 0 radical (unpaired) electrons. The highest BCUT2D eigenvalue weighted by molar-refractivity contribution is 5.91. The third kappa shape index (κ3) is 2.92. The van der Waals surface area contributed by atoms with E-state index in [0.29, 0.717) is 30.2 Å². The first-order valence-corrected chi connectivity index (χ1v) is 6.66. The molecule has 0 saturated carbocycles. The van der Waals surface area contributed by atoms with Crippen molar-refractivity contribution in [3.05, 3.63) is 41.6 Å². The first-order valence-electron chi connectivity index (χ1n) is 6.66. The lowest BCUT2D eigenvalue weighted by Crippen LogP contribution is -2.09. The van der Waals surface area contributed by atoms with Gasteiger partial charge >= 0.3 is 5.97 Å². The van der Waals surface area contributed by atoms with Crippen molar-refractivity contribution in [3.8, 4) is 17.0 Å². The van der Waals surface area contributed by atoms with E-state index in [9.17, 15) is 9.90 Å². The van der Waals surface area contributed by atoms with Crippen molar-refractivity contribution in [1.82, 2.24) is 4.57 Å². The van der Waals surface area contributed by atoms with Gasteiger partial charge in [0.15, 0.2) is 0 Å². The van der Waals surface area contributed by atoms with Gasteiger partial charge in [-0.15, -0.1) is 0 Å². The molecule has 0 spiro atoms. The van der Waals surface area contributed by atoms with Crippen LogP contribution in [0, 0.1) is 6.92 Å². The van der Waals surface area contributed by atoms with E-state index in [-0.39, 0.29) is 0 Å². The first-order chi connectivity index (χ1) is 10.1. The molecule has 0 amide bonds. The van der Waals surface area contributed by atoms with E-state index in [0.717, 1.165) is 11.3 Å². The van der Waals surface area contributed by atoms with Gasteiger partial charge in [-0.2, -0.15) is 0 Å². The van der Waals surface area contributed by atoms with Crippen LogP contribution in [0.25, 0.3) is 11.3 Å². The first kappa shape index (κ1) is 15.1. The molecule has 1 aromatic carbocycles. The number of para-hydroxylation sites is 1. The fourth-order valence-corrected chi connectivity index (χ4v) is 2.41. The molecule has 0 aliphatic heterocycles. The minimum absolute atomic E-state index is 0.298. The molecule has 2 rings (SSSR count). The Morgan fingerprint density at radius 1 is 1.29 bits per heavy atom. The Morgan fingerprint density at radius 3 is 2.62 bits per heavy atom. The molecule has 0 unspecified atom stereocenters. The lowest BCUT2D eigenvalue weighted by Gasteiger charge is -2.13. The fraction of sp³-hybridized carbons (Fsp3) is 0.312. The zero-order chi connectivity index (χ0) is 15.4. The standard InChI is InChI=1S/C16H19NO4/c1-11-13(16(18)19)10-14(17(11)8-9-20-2)12-6-4-5-7-15(12)21-3/h4-7,10H,8-9H2,1-3H3,(H,18,19). The summed E-state index contributed by atoms with van der Waals surface area (Å²) in [5.74, 6) is -0.217. The number of benzene rings is 1. The van der Waals surface area contributed by atoms with Gasteiger partial charge in [0.05, 0.1) is 25.0 Å². The molecule has 0 aliphatic rings. The third-order valence-electron chi connectivity index (χ3n) is 3.50. The van der Waals surface area contributed by atoms with Crippen molar-refractivity contribution in [3.63, 3.8) is 0 Å². The normalized spacial score (nSPS) is 10.6. The number of carboxylic acid groups (broad SMARTS) is 1. The summed E-state index contributed by atoms with van der Waals surface area (Å²) in [4.78, 5) is 11.4. The molecule has 0 atom stereocenters. The molecular formula is C16H19NO4. The van der Waals surface area contributed by atoms with E-state index in [1.165, 1.54) is 0 Å². The summed E-state index contributed by atoms with van der Waals surface area (Å²) in [5, 5.41) is 9.33. The Hall–Kier alpha value is -2.27. The van der Waals surface area contributed by atoms with Gasteiger partial charge in [-0.3, -0.25) is 0 Å². The number of carboxylic acids is 1. The van der Waals surface area contributed by atoms with Gasteiger partial charge in [0.1, 0.15) is 5.75 Å². The topological polar surface area (TPSA) is 60.7 Å². The minimum atomic E-state index is -0.931. The number of hydrogen-bond acceptors (Lipinski definition) is 3. The number of methoxy groups -OCH3 is 2. The second kappa shape index (κ2) is 6.45. The molecule has 0 fully saturated rings. The smallest absolute Gasteiger partial charge is 0.337 e. The molecule has 2 aromatic rings. The van der Waals surface area contributed by atoms with E-state index < -0.39 is 5.97 Å². The molecule has 1 heterocycles. The molecule has 5 nitrogen and oxygen atoms in total. The zero-order valence-corrected chi connectivity index (χ0v) is 12.4. The Morgan fingerprint density at radius 2 is 2.00 bits per heavy atom. The number of aromatic carboxylic acids is 1. The zero-order valence-electron chi connectivity index (χ0n) is 12.4. The summed E-state index contributed by atoms with van der Waals surface area (Å²) in [6.45, 7) is 2.90. The van der Waals surface area contributed by atoms with Crippen molar-refractivity contribution >= 4 is 5.97 Å². The average molecular weight is 289 g/mol. The summed E-state index contributed by atoms with van der Waals surface area (Å²) >= 11 is 0. The number of rotatable bonds is 6. The molecule has 5 heteroatoms. The van der Waals surface area contributed by atoms with Gasteiger partial charge in [-0.25, -0.2) is 4.79 Å². The third-order valence-corrected chi connectivity index (χ3v) is 3.50. The number of carbonyl (C=O) groups is 1. The highest BCUT2D eigenvalue weighted by atomic mass is 16.5. The van der Waals surface area contributed by atoms with Crippen LogP contribution in [-0.2, 0) is 11.3 Å². The maximum Gasteiger partial charge on any atom is 0.337 e. The molecule has 0 bridgehead atoms. The number of hydrogen-bond donors (Lipinski definition) is 1. The van der Waals surface area contributed by atoms with Gasteiger partial charge in [0.25, 0.3) is 0 Å². The summed E-state index contributed by atoms with van der Waals surface area (Å²) in [6.07, 6.45) is 0. The Labute approximate surface area is 123 Å². The van der Waals surface area contributed by atoms with E-state index in [1.807, 2.05) is 28.8 Å². The van der Waals surface area contributed by atoms with Gasteiger partial charge in [0.2, 0.25) is 0 Å². The van der Waals surface area contributed by atoms with Crippen molar-refractivity contribution in [2.45, 2.75) is 13.5 Å². The fourth-order valence-electron chi connectivity index (χ4n) is 2.41. The Bertz CT molecular complexity index is 646. The van der Waals surface area contributed by atoms with Crippen LogP contribution in [-0.4, -0.2) is 36.5 Å². The largest absolute Gasteiger partial charge is 0.496 e. The van der Waals surface area contributed by atoms with Gasteiger partial charge < -0.3 is 19.1 Å². The molecule has 1 N–H and O–H groups in total. The summed E-state index contributed by atoms with van der Waals surface area (Å²) in [7, 11) is 3.23. The highest BCUT2D eigenvalue weighted by Gasteiger charge is 2.19. The van der Waals surface area contributed by atoms with Crippen LogP contribution in [0.5, 0.6) is 5.75 Å². The van der Waals surface area contributed by atoms with E-state index in [2.05, 4.69) is 0 Å². The van der Waals surface area contributed by atoms with Crippen LogP contribution in [0.3, 0.4) is 0 Å². The summed E-state index contributed by atoms with van der Waals surface area (Å²) < 4.78 is 12.4. The molecular weight excluding hydrogens is 270 g/mol. The maximum absolute atomic E-state index is 11.4. The van der Waals surface area contributed by atoms with Crippen LogP contribution in [0.15, 0.2) is 30.3 Å². The summed E-state index contributed by atoms with van der Waals surface area (Å²) in [6, 6.07) is 9.25. The molecule has 0 aliphatic carbocycles. The van der Waals surface area contributed by atoms with Crippen molar-refractivity contribution in [1.29, 1.82) is 0 Å². The maximum atomic E-state index is 11.4. The minimum Gasteiger partial charge on any atom is -0.496 e. The van der Waals surface area contributed by atoms with Crippen LogP contribution >= 0.6 is 0 Å². The van der Waals surface area contributed by atoms with Crippen LogP contribution < -0.4 is 4.74 Å². The lowest BCUT2D eigenvalue weighted by molar-refractivity contribution is 0.0696. The van der Waals surface area contributed by atoms with E-state index in [4.69, 9.17) is 9.47 Å². The molecule has 0 saturated heterocycles. The Balaban J connectivity index is 2.60. The van der Waals surface area contributed by atoms with Crippen molar-refractivity contribution in [2.75, 3.05) is 20.8 Å². The number of ether oxygens (including phenoxy) is 2. The van der Waals surface area contributed by atoms with E-state index in [1.54, 1.807) is 27.2 Å². The summed E-state index contributed by atoms with van der Waals surface area (Å²) in [5.41, 5.74) is 2.69.